The Kier molecular flexibility index (Phi) is 4.49. The highest BCUT2D eigenvalue weighted by atomic mass is 16.7. The van der Waals surface area contributed by atoms with Gasteiger partial charge in [0, 0.05) is 37.9 Å². The number of nitrogens with one attached hydrogen (secondary N) is 1. The Balaban J connectivity index is 1.32. The van der Waals surface area contributed by atoms with Crippen molar-refractivity contribution in [1.29, 1.82) is 0 Å². The van der Waals surface area contributed by atoms with E-state index in [9.17, 15) is 0 Å². The van der Waals surface area contributed by atoms with Gasteiger partial charge in [0.15, 0.2) is 11.5 Å². The first-order valence-electron chi connectivity index (χ1n) is 8.26. The van der Waals surface area contributed by atoms with E-state index in [4.69, 9.17) is 14.2 Å². The van der Waals surface area contributed by atoms with Gasteiger partial charge in [-0.05, 0) is 17.7 Å². The average Bonchev–Trinajstić information content (AvgIpc) is 3.13. The Bertz CT molecular complexity index is 684. The largest absolute Gasteiger partial charge is 0.454 e. The van der Waals surface area contributed by atoms with Crippen molar-refractivity contribution >= 4 is 5.82 Å². The van der Waals surface area contributed by atoms with Crippen molar-refractivity contribution in [2.45, 2.75) is 13.1 Å². The SMILES string of the molecule is c1cc(CNCc2ccc(N3CCOCC3)nc2)c2c(c1)OCO2. The van der Waals surface area contributed by atoms with Gasteiger partial charge in [0.05, 0.1) is 13.2 Å². The molecule has 6 heteroatoms. The lowest BCUT2D eigenvalue weighted by molar-refractivity contribution is 0.122. The number of hydrogen-bond donors (Lipinski definition) is 1. The third-order valence-corrected chi connectivity index (χ3v) is 4.27. The zero-order chi connectivity index (χ0) is 16.2. The summed E-state index contributed by atoms with van der Waals surface area (Å²) >= 11 is 0. The number of benzene rings is 1. The highest BCUT2D eigenvalue weighted by Gasteiger charge is 2.16. The van der Waals surface area contributed by atoms with Crippen molar-refractivity contribution in [3.8, 4) is 11.5 Å². The fraction of sp³-hybridized carbons (Fsp3) is 0.389. The fourth-order valence-electron chi connectivity index (χ4n) is 2.97. The summed E-state index contributed by atoms with van der Waals surface area (Å²) in [5, 5.41) is 3.44. The molecule has 3 heterocycles. The fourth-order valence-corrected chi connectivity index (χ4v) is 2.97. The van der Waals surface area contributed by atoms with Crippen LogP contribution in [0.5, 0.6) is 11.5 Å². The van der Waals surface area contributed by atoms with Crippen LogP contribution in [0.15, 0.2) is 36.5 Å². The average molecular weight is 327 g/mol. The van der Waals surface area contributed by atoms with Crippen molar-refractivity contribution in [3.05, 3.63) is 47.7 Å². The number of fused-ring (bicyclic) bond motifs is 1. The summed E-state index contributed by atoms with van der Waals surface area (Å²) in [4.78, 5) is 6.83. The summed E-state index contributed by atoms with van der Waals surface area (Å²) in [5.74, 6) is 2.70. The monoisotopic (exact) mass is 327 g/mol. The van der Waals surface area contributed by atoms with E-state index < -0.39 is 0 Å². The minimum absolute atomic E-state index is 0.305. The van der Waals surface area contributed by atoms with Gasteiger partial charge in [-0.25, -0.2) is 4.98 Å². The highest BCUT2D eigenvalue weighted by molar-refractivity contribution is 5.48. The first-order valence-corrected chi connectivity index (χ1v) is 8.26. The molecule has 0 spiro atoms. The Morgan fingerprint density at radius 3 is 2.79 bits per heavy atom. The van der Waals surface area contributed by atoms with Crippen LogP contribution in [-0.4, -0.2) is 38.1 Å². The molecule has 2 aromatic rings. The number of pyridine rings is 1. The van der Waals surface area contributed by atoms with Gasteiger partial charge in [-0.2, -0.15) is 0 Å². The second kappa shape index (κ2) is 7.07. The van der Waals surface area contributed by atoms with Gasteiger partial charge in [0.2, 0.25) is 6.79 Å². The molecule has 1 saturated heterocycles. The molecule has 0 radical (unpaired) electrons. The standard InChI is InChI=1S/C18H21N3O3/c1-2-15(18-16(3-1)23-13-24-18)12-19-10-14-4-5-17(20-11-14)21-6-8-22-9-7-21/h1-5,11,19H,6-10,12-13H2. The summed E-state index contributed by atoms with van der Waals surface area (Å²) in [6, 6.07) is 10.2. The minimum atomic E-state index is 0.305. The molecule has 6 nitrogen and oxygen atoms in total. The zero-order valence-electron chi connectivity index (χ0n) is 13.5. The van der Waals surface area contributed by atoms with Gasteiger partial charge in [-0.3, -0.25) is 0 Å². The second-order valence-corrected chi connectivity index (χ2v) is 5.88. The zero-order valence-corrected chi connectivity index (χ0v) is 13.5. The molecule has 126 valence electrons. The maximum Gasteiger partial charge on any atom is 0.231 e. The second-order valence-electron chi connectivity index (χ2n) is 5.88. The molecular formula is C18H21N3O3. The summed E-state index contributed by atoms with van der Waals surface area (Å²) in [5.41, 5.74) is 2.28. The lowest BCUT2D eigenvalue weighted by atomic mass is 10.2. The Hall–Kier alpha value is -2.31. The highest BCUT2D eigenvalue weighted by Crippen LogP contribution is 2.35. The lowest BCUT2D eigenvalue weighted by Gasteiger charge is -2.27. The molecule has 2 aliphatic rings. The van der Waals surface area contributed by atoms with Crippen LogP contribution in [0.2, 0.25) is 0 Å². The third-order valence-electron chi connectivity index (χ3n) is 4.27. The molecule has 0 unspecified atom stereocenters. The van der Waals surface area contributed by atoms with E-state index in [1.807, 2.05) is 18.3 Å². The predicted octanol–water partition coefficient (Wildman–Crippen LogP) is 1.94. The Labute approximate surface area is 141 Å². The van der Waals surface area contributed by atoms with Crippen molar-refractivity contribution in [2.75, 3.05) is 38.0 Å². The van der Waals surface area contributed by atoms with E-state index in [-0.39, 0.29) is 0 Å². The predicted molar refractivity (Wildman–Crippen MR) is 90.4 cm³/mol. The number of nitrogens with zero attached hydrogens (tertiary/aromatic N) is 2. The number of para-hydroxylation sites is 1. The van der Waals surface area contributed by atoms with E-state index in [1.54, 1.807) is 0 Å². The van der Waals surface area contributed by atoms with Crippen LogP contribution < -0.4 is 19.7 Å². The molecular weight excluding hydrogens is 306 g/mol. The number of aromatic nitrogens is 1. The van der Waals surface area contributed by atoms with Gasteiger partial charge in [0.1, 0.15) is 5.82 Å². The first kappa shape index (κ1) is 15.2. The smallest absolute Gasteiger partial charge is 0.231 e. The van der Waals surface area contributed by atoms with Crippen LogP contribution in [0.3, 0.4) is 0 Å². The number of ether oxygens (including phenoxy) is 3. The minimum Gasteiger partial charge on any atom is -0.454 e. The molecule has 0 amide bonds. The van der Waals surface area contributed by atoms with Crippen LogP contribution >= 0.6 is 0 Å². The molecule has 0 saturated carbocycles. The molecule has 24 heavy (non-hydrogen) atoms. The number of anilines is 1. The Morgan fingerprint density at radius 2 is 1.96 bits per heavy atom. The van der Waals surface area contributed by atoms with Gasteiger partial charge in [-0.15, -0.1) is 0 Å². The van der Waals surface area contributed by atoms with Crippen LogP contribution in [0.1, 0.15) is 11.1 Å². The molecule has 1 aromatic carbocycles. The Morgan fingerprint density at radius 1 is 1.04 bits per heavy atom. The van der Waals surface area contributed by atoms with Crippen molar-refractivity contribution in [1.82, 2.24) is 10.3 Å². The van der Waals surface area contributed by atoms with Gasteiger partial charge < -0.3 is 24.4 Å². The van der Waals surface area contributed by atoms with Crippen LogP contribution in [0.4, 0.5) is 5.82 Å². The van der Waals surface area contributed by atoms with Gasteiger partial charge >= 0.3 is 0 Å². The van der Waals surface area contributed by atoms with Crippen molar-refractivity contribution < 1.29 is 14.2 Å². The quantitative estimate of drug-likeness (QED) is 0.906. The van der Waals surface area contributed by atoms with Crippen LogP contribution in [-0.2, 0) is 17.8 Å². The van der Waals surface area contributed by atoms with E-state index in [2.05, 4.69) is 33.4 Å². The maximum absolute atomic E-state index is 5.52. The molecule has 1 fully saturated rings. The molecule has 1 N–H and O–H groups in total. The van der Waals surface area contributed by atoms with Gasteiger partial charge in [0.25, 0.3) is 0 Å². The summed E-state index contributed by atoms with van der Waals surface area (Å²) in [7, 11) is 0. The number of morpholine rings is 1. The molecule has 0 bridgehead atoms. The molecule has 2 aliphatic heterocycles. The molecule has 0 aliphatic carbocycles. The van der Waals surface area contributed by atoms with E-state index in [1.165, 1.54) is 0 Å². The first-order chi connectivity index (χ1) is 11.9. The number of hydrogen-bond acceptors (Lipinski definition) is 6. The normalized spacial score (nSPS) is 16.4. The summed E-state index contributed by atoms with van der Waals surface area (Å²) < 4.78 is 16.3. The summed E-state index contributed by atoms with van der Waals surface area (Å²) in [6.07, 6.45) is 1.94. The number of rotatable bonds is 5. The van der Waals surface area contributed by atoms with Crippen LogP contribution in [0.25, 0.3) is 0 Å². The van der Waals surface area contributed by atoms with E-state index in [0.29, 0.717) is 6.79 Å². The van der Waals surface area contributed by atoms with Crippen molar-refractivity contribution in [2.24, 2.45) is 0 Å². The van der Waals surface area contributed by atoms with E-state index in [0.717, 1.165) is 67.8 Å². The summed E-state index contributed by atoms with van der Waals surface area (Å²) in [6.45, 7) is 5.17. The molecule has 0 atom stereocenters. The van der Waals surface area contributed by atoms with Crippen LogP contribution in [0, 0.1) is 0 Å². The van der Waals surface area contributed by atoms with Crippen molar-refractivity contribution in [3.63, 3.8) is 0 Å². The van der Waals surface area contributed by atoms with E-state index >= 15 is 0 Å². The van der Waals surface area contributed by atoms with Gasteiger partial charge in [-0.1, -0.05) is 18.2 Å². The third kappa shape index (κ3) is 3.29. The molecule has 4 rings (SSSR count). The molecule has 1 aromatic heterocycles. The lowest BCUT2D eigenvalue weighted by Crippen LogP contribution is -2.36. The topological polar surface area (TPSA) is 55.9 Å². The maximum atomic E-state index is 5.52.